The number of Topliss-reactive ketones (excluding diaryl/α,β-unsaturated/α-hetero) is 1. The summed E-state index contributed by atoms with van der Waals surface area (Å²) in [5.41, 5.74) is 3.32. The number of rotatable bonds is 1. The van der Waals surface area contributed by atoms with Crippen LogP contribution in [0.4, 0.5) is 5.82 Å². The highest BCUT2D eigenvalue weighted by atomic mass is 16.3. The van der Waals surface area contributed by atoms with Crippen LogP contribution >= 0.6 is 0 Å². The average Bonchev–Trinajstić information content (AvgIpc) is 3.05. The van der Waals surface area contributed by atoms with Crippen LogP contribution in [0.3, 0.4) is 0 Å². The molecule has 1 aliphatic carbocycles. The Bertz CT molecular complexity index is 1440. The second kappa shape index (κ2) is 6.38. The molecule has 0 fully saturated rings. The lowest BCUT2D eigenvalue weighted by atomic mass is 9.76. The van der Waals surface area contributed by atoms with Crippen molar-refractivity contribution in [2.24, 2.45) is 25.0 Å². The predicted molar refractivity (Wildman–Crippen MR) is 117 cm³/mol. The summed E-state index contributed by atoms with van der Waals surface area (Å²) in [6.07, 6.45) is 0. The van der Waals surface area contributed by atoms with E-state index in [2.05, 4.69) is 0 Å². The predicted octanol–water partition coefficient (Wildman–Crippen LogP) is 2.49. The number of aryl methyl sites for hydroxylation is 2. The molecule has 2 heterocycles. The van der Waals surface area contributed by atoms with Gasteiger partial charge in [-0.2, -0.15) is 0 Å². The summed E-state index contributed by atoms with van der Waals surface area (Å²) < 4.78 is 2.41. The fourth-order valence-corrected chi connectivity index (χ4v) is 4.90. The number of benzene rings is 2. The van der Waals surface area contributed by atoms with Crippen LogP contribution in [0, 0.1) is 19.8 Å². The number of nitrogens with zero attached hydrogens (tertiary/aromatic N) is 3. The summed E-state index contributed by atoms with van der Waals surface area (Å²) in [5, 5.41) is 10.3. The van der Waals surface area contributed by atoms with Gasteiger partial charge >= 0.3 is 5.69 Å². The van der Waals surface area contributed by atoms with Gasteiger partial charge < -0.3 is 5.11 Å². The normalized spacial score (nSPS) is 19.0. The van der Waals surface area contributed by atoms with E-state index in [1.54, 1.807) is 45.2 Å². The Morgan fingerprint density at radius 3 is 2.16 bits per heavy atom. The first-order chi connectivity index (χ1) is 14.7. The molecule has 0 saturated carbocycles. The van der Waals surface area contributed by atoms with Crippen LogP contribution in [-0.2, 0) is 14.1 Å². The second-order valence-electron chi connectivity index (χ2n) is 8.31. The topological polar surface area (TPSA) is 93.7 Å². The van der Waals surface area contributed by atoms with Gasteiger partial charge in [-0.05, 0) is 30.5 Å². The van der Waals surface area contributed by atoms with E-state index in [4.69, 9.17) is 4.99 Å². The van der Waals surface area contributed by atoms with E-state index in [1.165, 1.54) is 11.6 Å². The third kappa shape index (κ3) is 2.46. The molecule has 1 N–H and O–H groups in total. The molecule has 0 radical (unpaired) electrons. The molecule has 2 atom stereocenters. The van der Waals surface area contributed by atoms with E-state index in [0.29, 0.717) is 28.0 Å². The monoisotopic (exact) mass is 415 g/mol. The number of aliphatic imine (C=N–C) groups is 1. The Morgan fingerprint density at radius 2 is 1.52 bits per heavy atom. The van der Waals surface area contributed by atoms with Crippen LogP contribution in [0.1, 0.15) is 44.1 Å². The maximum atomic E-state index is 13.5. The fraction of sp³-hybridized carbons (Fsp3) is 0.250. The number of carbonyl (C=O) groups is 1. The molecule has 0 amide bonds. The van der Waals surface area contributed by atoms with Crippen molar-refractivity contribution in [3.05, 3.63) is 90.6 Å². The molecular formula is C24H21N3O4. The fourth-order valence-electron chi connectivity index (χ4n) is 4.90. The molecule has 7 heteroatoms. The third-order valence-electron chi connectivity index (χ3n) is 6.46. The summed E-state index contributed by atoms with van der Waals surface area (Å²) >= 11 is 0. The second-order valence-corrected chi connectivity index (χ2v) is 8.31. The molecule has 31 heavy (non-hydrogen) atoms. The first-order valence-electron chi connectivity index (χ1n) is 10.0. The van der Waals surface area contributed by atoms with Gasteiger partial charge in [0.2, 0.25) is 0 Å². The first kappa shape index (κ1) is 19.2. The van der Waals surface area contributed by atoms with Crippen molar-refractivity contribution in [2.75, 3.05) is 0 Å². The van der Waals surface area contributed by atoms with E-state index in [0.717, 1.165) is 15.7 Å². The van der Waals surface area contributed by atoms with Crippen LogP contribution < -0.4 is 11.2 Å². The molecule has 5 rings (SSSR count). The van der Waals surface area contributed by atoms with Gasteiger partial charge in [-0.1, -0.05) is 36.4 Å². The SMILES string of the molecule is Cc1cc([C@@H]2c3c(n(C)c(=O)n(C)c3=O)N=C3c4ccccc4C(=O)[C@H]32)cc(C)c1O. The summed E-state index contributed by atoms with van der Waals surface area (Å²) in [4.78, 5) is 44.1. The van der Waals surface area contributed by atoms with Crippen LogP contribution in [0.5, 0.6) is 5.75 Å². The number of hydrogen-bond donors (Lipinski definition) is 1. The number of hydrogen-bond acceptors (Lipinski definition) is 5. The lowest BCUT2D eigenvalue weighted by Gasteiger charge is -2.30. The molecule has 1 aromatic heterocycles. The average molecular weight is 415 g/mol. The lowest BCUT2D eigenvalue weighted by Crippen LogP contribution is -2.43. The van der Waals surface area contributed by atoms with Crippen LogP contribution in [0.25, 0.3) is 0 Å². The Labute approximate surface area is 177 Å². The Morgan fingerprint density at radius 1 is 0.903 bits per heavy atom. The molecule has 2 aliphatic rings. The number of ketones is 1. The van der Waals surface area contributed by atoms with Gasteiger partial charge in [-0.25, -0.2) is 9.79 Å². The number of phenols is 1. The Kier molecular flexibility index (Phi) is 3.96. The maximum absolute atomic E-state index is 13.5. The highest BCUT2D eigenvalue weighted by Gasteiger charge is 2.47. The van der Waals surface area contributed by atoms with E-state index in [1.807, 2.05) is 12.1 Å². The molecule has 156 valence electrons. The van der Waals surface area contributed by atoms with Crippen molar-refractivity contribution < 1.29 is 9.90 Å². The molecule has 0 saturated heterocycles. The third-order valence-corrected chi connectivity index (χ3v) is 6.46. The Balaban J connectivity index is 1.92. The zero-order chi connectivity index (χ0) is 22.2. The lowest BCUT2D eigenvalue weighted by molar-refractivity contribution is 0.0953. The van der Waals surface area contributed by atoms with E-state index in [-0.39, 0.29) is 17.4 Å². The standard InChI is InChI=1S/C24H21N3O4/c1-11-9-13(10-12(2)20(11)28)16-17-19(14-7-5-6-8-15(14)21(17)29)25-22-18(16)23(30)27(4)24(31)26(22)3/h5-10,16-17,28H,1-4H3/t16-,17-/m0/s1. The molecule has 0 spiro atoms. The van der Waals surface area contributed by atoms with Gasteiger partial charge in [0.15, 0.2) is 5.78 Å². The van der Waals surface area contributed by atoms with Gasteiger partial charge in [0.1, 0.15) is 11.6 Å². The molecule has 0 bridgehead atoms. The highest BCUT2D eigenvalue weighted by molar-refractivity contribution is 6.30. The van der Waals surface area contributed by atoms with Gasteiger partial charge in [0.25, 0.3) is 5.56 Å². The number of aromatic nitrogens is 2. The quantitative estimate of drug-likeness (QED) is 0.661. The van der Waals surface area contributed by atoms with E-state index >= 15 is 0 Å². The van der Waals surface area contributed by atoms with Crippen molar-refractivity contribution in [2.45, 2.75) is 19.8 Å². The molecule has 0 unspecified atom stereocenters. The zero-order valence-electron chi connectivity index (χ0n) is 17.6. The van der Waals surface area contributed by atoms with Crippen LogP contribution in [0.2, 0.25) is 0 Å². The summed E-state index contributed by atoms with van der Waals surface area (Å²) in [6, 6.07) is 10.9. The number of aromatic hydroxyl groups is 1. The minimum Gasteiger partial charge on any atom is -0.507 e. The van der Waals surface area contributed by atoms with Crippen molar-refractivity contribution in [3.8, 4) is 5.75 Å². The van der Waals surface area contributed by atoms with Gasteiger partial charge in [0, 0.05) is 31.1 Å². The molecule has 1 aliphatic heterocycles. The number of fused-ring (bicyclic) bond motifs is 4. The summed E-state index contributed by atoms with van der Waals surface area (Å²) in [7, 11) is 3.01. The van der Waals surface area contributed by atoms with Crippen LogP contribution in [0.15, 0.2) is 51.0 Å². The van der Waals surface area contributed by atoms with Gasteiger partial charge in [-0.15, -0.1) is 0 Å². The molecule has 2 aromatic carbocycles. The number of phenolic OH excluding ortho intramolecular Hbond substituents is 1. The minimum atomic E-state index is -0.668. The Hall–Kier alpha value is -3.74. The van der Waals surface area contributed by atoms with E-state index < -0.39 is 23.1 Å². The minimum absolute atomic E-state index is 0.0933. The van der Waals surface area contributed by atoms with Crippen molar-refractivity contribution >= 4 is 17.3 Å². The first-order valence-corrected chi connectivity index (χ1v) is 10.0. The zero-order valence-corrected chi connectivity index (χ0v) is 17.6. The molecular weight excluding hydrogens is 394 g/mol. The van der Waals surface area contributed by atoms with Crippen LogP contribution in [-0.4, -0.2) is 25.7 Å². The molecule has 7 nitrogen and oxygen atoms in total. The van der Waals surface area contributed by atoms with Crippen molar-refractivity contribution in [3.63, 3.8) is 0 Å². The number of carbonyl (C=O) groups excluding carboxylic acids is 1. The largest absolute Gasteiger partial charge is 0.507 e. The highest BCUT2D eigenvalue weighted by Crippen LogP contribution is 2.47. The van der Waals surface area contributed by atoms with Gasteiger partial charge in [0.05, 0.1) is 17.2 Å². The molecule has 3 aromatic rings. The maximum Gasteiger partial charge on any atom is 0.332 e. The van der Waals surface area contributed by atoms with Gasteiger partial charge in [-0.3, -0.25) is 18.7 Å². The smallest absolute Gasteiger partial charge is 0.332 e. The van der Waals surface area contributed by atoms with Crippen molar-refractivity contribution in [1.82, 2.24) is 9.13 Å². The summed E-state index contributed by atoms with van der Waals surface area (Å²) in [6.45, 7) is 3.57. The van der Waals surface area contributed by atoms with E-state index in [9.17, 15) is 19.5 Å². The summed E-state index contributed by atoms with van der Waals surface area (Å²) in [5.74, 6) is -0.922. The van der Waals surface area contributed by atoms with Crippen molar-refractivity contribution in [1.29, 1.82) is 0 Å².